The highest BCUT2D eigenvalue weighted by Gasteiger charge is 2.47. The van der Waals surface area contributed by atoms with Crippen LogP contribution in [0.3, 0.4) is 0 Å². The predicted molar refractivity (Wildman–Crippen MR) is 189 cm³/mol. The van der Waals surface area contributed by atoms with E-state index in [2.05, 4.69) is 136 Å². The van der Waals surface area contributed by atoms with Gasteiger partial charge in [-0.3, -0.25) is 0 Å². The van der Waals surface area contributed by atoms with E-state index in [0.717, 1.165) is 11.8 Å². The van der Waals surface area contributed by atoms with Gasteiger partial charge in [0.15, 0.2) is 0 Å². The summed E-state index contributed by atoms with van der Waals surface area (Å²) < 4.78 is 2.79. The van der Waals surface area contributed by atoms with Gasteiger partial charge >= 0.3 is 0 Å². The molecule has 2 unspecified atom stereocenters. The molecule has 1 fully saturated rings. The van der Waals surface area contributed by atoms with Crippen LogP contribution in [0.5, 0.6) is 0 Å². The van der Waals surface area contributed by atoms with Crippen molar-refractivity contribution in [1.29, 1.82) is 0 Å². The summed E-state index contributed by atoms with van der Waals surface area (Å²) in [6, 6.07) is 39.3. The number of para-hydroxylation sites is 1. The average molecular weight is 590 g/mol. The maximum Gasteiger partial charge on any atom is 0.0465 e. The molecule has 1 nitrogen and oxygen atoms in total. The van der Waals surface area contributed by atoms with Crippen molar-refractivity contribution in [3.63, 3.8) is 0 Å². The SMILES string of the molecule is CC1(C)c2cc(N(c3ccccc3)c3ccc4c(c3)C(C)(C)C3CCCCC43)ccc2-c2c1ccc1c2sc2ccccc21. The second-order valence-electron chi connectivity index (χ2n) is 14.5. The molecule has 5 aromatic carbocycles. The minimum atomic E-state index is -0.0803. The number of hydrogen-bond donors (Lipinski definition) is 0. The molecule has 1 aromatic heterocycles. The van der Waals surface area contributed by atoms with E-state index in [-0.39, 0.29) is 10.8 Å². The average Bonchev–Trinajstić information content (AvgIpc) is 3.62. The minimum Gasteiger partial charge on any atom is -0.310 e. The van der Waals surface area contributed by atoms with Gasteiger partial charge in [-0.15, -0.1) is 11.3 Å². The number of fused-ring (bicyclic) bond motifs is 10. The Morgan fingerprint density at radius 3 is 2.20 bits per heavy atom. The molecule has 3 aliphatic carbocycles. The number of rotatable bonds is 3. The van der Waals surface area contributed by atoms with Crippen LogP contribution in [0.2, 0.25) is 0 Å². The van der Waals surface area contributed by atoms with E-state index < -0.39 is 0 Å². The van der Waals surface area contributed by atoms with E-state index in [9.17, 15) is 0 Å². The Bertz CT molecular complexity index is 2100. The first-order valence-electron chi connectivity index (χ1n) is 16.4. The first-order valence-corrected chi connectivity index (χ1v) is 17.2. The fraction of sp³-hybridized carbons (Fsp3) is 0.286. The van der Waals surface area contributed by atoms with E-state index in [0.29, 0.717) is 0 Å². The molecule has 0 spiro atoms. The molecule has 0 saturated heterocycles. The fourth-order valence-electron chi connectivity index (χ4n) is 9.28. The third kappa shape index (κ3) is 3.58. The molecule has 0 amide bonds. The van der Waals surface area contributed by atoms with Gasteiger partial charge in [0.25, 0.3) is 0 Å². The van der Waals surface area contributed by atoms with Crippen LogP contribution < -0.4 is 4.90 Å². The summed E-state index contributed by atoms with van der Waals surface area (Å²) in [5.74, 6) is 1.48. The van der Waals surface area contributed by atoms with Crippen molar-refractivity contribution in [2.45, 2.75) is 70.1 Å². The normalized spacial score (nSPS) is 20.7. The van der Waals surface area contributed by atoms with Crippen LogP contribution in [0.25, 0.3) is 31.3 Å². The van der Waals surface area contributed by atoms with Gasteiger partial charge in [0.1, 0.15) is 0 Å². The highest BCUT2D eigenvalue weighted by Crippen LogP contribution is 2.58. The topological polar surface area (TPSA) is 3.24 Å². The summed E-state index contributed by atoms with van der Waals surface area (Å²) in [4.78, 5) is 2.49. The summed E-state index contributed by atoms with van der Waals surface area (Å²) in [6.45, 7) is 9.82. The van der Waals surface area contributed by atoms with E-state index in [4.69, 9.17) is 0 Å². The standard InChI is InChI=1S/C42H39NS/c1-41(2)34-16-10-8-14-29(34)30-20-18-27(24-36(30)41)43(26-12-6-5-7-13-26)28-19-21-33-37(25-28)42(3,4)35-23-22-32-31-15-9-11-17-38(31)44-40(32)39(33)35/h5-7,9,11-13,15,17-25,29,34H,8,10,14,16H2,1-4H3. The molecule has 3 aliphatic rings. The summed E-state index contributed by atoms with van der Waals surface area (Å²) in [6.07, 6.45) is 5.45. The van der Waals surface area contributed by atoms with Crippen LogP contribution in [-0.4, -0.2) is 0 Å². The number of nitrogens with zero attached hydrogens (tertiary/aromatic N) is 1. The van der Waals surface area contributed by atoms with Crippen LogP contribution in [0.4, 0.5) is 17.1 Å². The van der Waals surface area contributed by atoms with Gasteiger partial charge in [0.05, 0.1) is 0 Å². The quantitative estimate of drug-likeness (QED) is 0.198. The summed E-state index contributed by atoms with van der Waals surface area (Å²) in [7, 11) is 0. The first kappa shape index (κ1) is 26.5. The van der Waals surface area contributed by atoms with E-state index in [1.54, 1.807) is 11.1 Å². The Hall–Kier alpha value is -3.88. The zero-order chi connectivity index (χ0) is 29.8. The lowest BCUT2D eigenvalue weighted by Gasteiger charge is -2.35. The second kappa shape index (κ2) is 9.31. The Labute approximate surface area is 265 Å². The Kier molecular flexibility index (Phi) is 5.61. The highest BCUT2D eigenvalue weighted by molar-refractivity contribution is 7.26. The number of anilines is 3. The maximum atomic E-state index is 2.54. The van der Waals surface area contributed by atoms with Gasteiger partial charge in [-0.1, -0.05) is 101 Å². The van der Waals surface area contributed by atoms with E-state index in [1.165, 1.54) is 85.2 Å². The summed E-state index contributed by atoms with van der Waals surface area (Å²) >= 11 is 1.94. The molecule has 0 radical (unpaired) electrons. The largest absolute Gasteiger partial charge is 0.310 e. The third-order valence-corrected chi connectivity index (χ3v) is 12.7. The molecule has 0 aliphatic heterocycles. The predicted octanol–water partition coefficient (Wildman–Crippen LogP) is 12.4. The van der Waals surface area contributed by atoms with Crippen molar-refractivity contribution >= 4 is 48.6 Å². The first-order chi connectivity index (χ1) is 21.3. The van der Waals surface area contributed by atoms with Gasteiger partial charge < -0.3 is 4.90 Å². The summed E-state index contributed by atoms with van der Waals surface area (Å²) in [5.41, 5.74) is 12.7. The van der Waals surface area contributed by atoms with Crippen LogP contribution in [0.15, 0.2) is 103 Å². The van der Waals surface area contributed by atoms with Crippen molar-refractivity contribution in [3.05, 3.63) is 125 Å². The molecule has 44 heavy (non-hydrogen) atoms. The monoisotopic (exact) mass is 589 g/mol. The maximum absolute atomic E-state index is 2.54. The van der Waals surface area contributed by atoms with Crippen molar-refractivity contribution in [1.82, 2.24) is 0 Å². The molecule has 0 bridgehead atoms. The Morgan fingerprint density at radius 2 is 1.36 bits per heavy atom. The van der Waals surface area contributed by atoms with Crippen LogP contribution in [0.1, 0.15) is 81.5 Å². The molecule has 1 saturated carbocycles. The minimum absolute atomic E-state index is 0.0803. The van der Waals surface area contributed by atoms with Gasteiger partial charge in [0.2, 0.25) is 0 Å². The molecule has 0 N–H and O–H groups in total. The molecule has 2 heteroatoms. The zero-order valence-corrected chi connectivity index (χ0v) is 27.0. The van der Waals surface area contributed by atoms with Gasteiger partial charge in [-0.2, -0.15) is 0 Å². The number of benzene rings is 5. The lowest BCUT2D eigenvalue weighted by molar-refractivity contribution is 0.233. The van der Waals surface area contributed by atoms with Crippen LogP contribution >= 0.6 is 11.3 Å². The fourth-order valence-corrected chi connectivity index (χ4v) is 10.5. The molecule has 1 heterocycles. The lowest BCUT2D eigenvalue weighted by Crippen LogP contribution is -2.28. The van der Waals surface area contributed by atoms with Crippen LogP contribution in [-0.2, 0) is 10.8 Å². The van der Waals surface area contributed by atoms with Gasteiger partial charge in [0, 0.05) is 48.2 Å². The van der Waals surface area contributed by atoms with Crippen molar-refractivity contribution in [3.8, 4) is 11.1 Å². The lowest BCUT2D eigenvalue weighted by atomic mass is 9.70. The smallest absolute Gasteiger partial charge is 0.0465 e. The van der Waals surface area contributed by atoms with Gasteiger partial charge in [-0.05, 0) is 100 Å². The van der Waals surface area contributed by atoms with E-state index in [1.807, 2.05) is 11.3 Å². The van der Waals surface area contributed by atoms with Crippen molar-refractivity contribution in [2.75, 3.05) is 4.90 Å². The Morgan fingerprint density at radius 1 is 0.636 bits per heavy atom. The molecule has 9 rings (SSSR count). The number of hydrogen-bond acceptors (Lipinski definition) is 2. The van der Waals surface area contributed by atoms with Crippen molar-refractivity contribution in [2.24, 2.45) is 5.92 Å². The molecule has 218 valence electrons. The second-order valence-corrected chi connectivity index (χ2v) is 15.5. The van der Waals surface area contributed by atoms with E-state index >= 15 is 0 Å². The molecule has 2 atom stereocenters. The molecular weight excluding hydrogens is 551 g/mol. The summed E-state index contributed by atoms with van der Waals surface area (Å²) in [5, 5.41) is 2.75. The van der Waals surface area contributed by atoms with Gasteiger partial charge in [-0.25, -0.2) is 0 Å². The Balaban J connectivity index is 1.22. The van der Waals surface area contributed by atoms with Crippen molar-refractivity contribution < 1.29 is 0 Å². The molecular formula is C42H39NS. The third-order valence-electron chi connectivity index (χ3n) is 11.5. The number of thiophene rings is 1. The van der Waals surface area contributed by atoms with Crippen LogP contribution in [0, 0.1) is 5.92 Å². The zero-order valence-electron chi connectivity index (χ0n) is 26.2. The molecule has 6 aromatic rings. The highest BCUT2D eigenvalue weighted by atomic mass is 32.1.